The van der Waals surface area contributed by atoms with E-state index in [-0.39, 0.29) is 5.92 Å². The van der Waals surface area contributed by atoms with Gasteiger partial charge in [0.1, 0.15) is 6.04 Å². The van der Waals surface area contributed by atoms with Crippen LogP contribution in [0.15, 0.2) is 16.6 Å². The van der Waals surface area contributed by atoms with Gasteiger partial charge in [-0.2, -0.15) is 0 Å². The van der Waals surface area contributed by atoms with Crippen LogP contribution in [0.3, 0.4) is 0 Å². The lowest BCUT2D eigenvalue weighted by atomic mass is 10.0. The second kappa shape index (κ2) is 8.76. The number of halogens is 1. The van der Waals surface area contributed by atoms with Crippen molar-refractivity contribution in [2.24, 2.45) is 5.92 Å². The molecule has 0 spiro atoms. The molecule has 1 atom stereocenters. The van der Waals surface area contributed by atoms with Gasteiger partial charge < -0.3 is 19.9 Å². The van der Waals surface area contributed by atoms with E-state index in [0.717, 1.165) is 0 Å². The molecular formula is C16H22BrNO5. The fourth-order valence-electron chi connectivity index (χ4n) is 2.07. The minimum Gasteiger partial charge on any atom is -0.493 e. The topological polar surface area (TPSA) is 84.9 Å². The summed E-state index contributed by atoms with van der Waals surface area (Å²) in [5.41, 5.74) is 0.298. The van der Waals surface area contributed by atoms with E-state index in [2.05, 4.69) is 21.2 Å². The van der Waals surface area contributed by atoms with Gasteiger partial charge in [-0.1, -0.05) is 13.8 Å². The molecule has 0 aliphatic carbocycles. The quantitative estimate of drug-likeness (QED) is 0.715. The lowest BCUT2D eigenvalue weighted by Crippen LogP contribution is -2.41. The maximum Gasteiger partial charge on any atom is 0.326 e. The smallest absolute Gasteiger partial charge is 0.326 e. The Morgan fingerprint density at radius 2 is 2.00 bits per heavy atom. The first-order chi connectivity index (χ1) is 10.8. The fourth-order valence-corrected chi connectivity index (χ4v) is 2.63. The van der Waals surface area contributed by atoms with Gasteiger partial charge in [0.25, 0.3) is 5.91 Å². The molecule has 0 aromatic heterocycles. The standard InChI is InChI=1S/C16H22BrNO5/c1-5-23-14-11(17)7-10(8-13(14)22-4)15(19)18-12(16(20)21)6-9(2)3/h7-9,12H,5-6H2,1-4H3,(H,18,19)(H,20,21). The number of benzene rings is 1. The van der Waals surface area contributed by atoms with Crippen molar-refractivity contribution in [1.29, 1.82) is 0 Å². The molecule has 0 saturated carbocycles. The molecule has 128 valence electrons. The van der Waals surface area contributed by atoms with Crippen molar-refractivity contribution >= 4 is 27.8 Å². The zero-order valence-corrected chi connectivity index (χ0v) is 15.3. The summed E-state index contributed by atoms with van der Waals surface area (Å²) >= 11 is 3.34. The Labute approximate surface area is 144 Å². The molecule has 1 rings (SSSR count). The van der Waals surface area contributed by atoms with Gasteiger partial charge in [0, 0.05) is 5.56 Å². The van der Waals surface area contributed by atoms with E-state index in [4.69, 9.17) is 9.47 Å². The van der Waals surface area contributed by atoms with Crippen LogP contribution < -0.4 is 14.8 Å². The average Bonchev–Trinajstić information content (AvgIpc) is 2.47. The van der Waals surface area contributed by atoms with Gasteiger partial charge in [0.05, 0.1) is 18.2 Å². The molecule has 7 heteroatoms. The second-order valence-electron chi connectivity index (χ2n) is 5.42. The summed E-state index contributed by atoms with van der Waals surface area (Å²) in [6.07, 6.45) is 0.358. The Balaban J connectivity index is 3.03. The van der Waals surface area contributed by atoms with Crippen LogP contribution in [-0.4, -0.2) is 36.7 Å². The van der Waals surface area contributed by atoms with E-state index in [1.807, 2.05) is 20.8 Å². The third kappa shape index (κ3) is 5.42. The summed E-state index contributed by atoms with van der Waals surface area (Å²) in [7, 11) is 1.48. The zero-order valence-electron chi connectivity index (χ0n) is 13.7. The number of rotatable bonds is 8. The first kappa shape index (κ1) is 19.3. The molecular weight excluding hydrogens is 366 g/mol. The van der Waals surface area contributed by atoms with Crippen LogP contribution in [-0.2, 0) is 4.79 Å². The normalized spacial score (nSPS) is 11.9. The molecule has 0 aliphatic rings. The van der Waals surface area contributed by atoms with Crippen LogP contribution in [0.1, 0.15) is 37.6 Å². The van der Waals surface area contributed by atoms with Gasteiger partial charge in [0.15, 0.2) is 11.5 Å². The molecule has 0 aliphatic heterocycles. The van der Waals surface area contributed by atoms with Crippen LogP contribution >= 0.6 is 15.9 Å². The molecule has 1 unspecified atom stereocenters. The third-order valence-corrected chi connectivity index (χ3v) is 3.68. The van der Waals surface area contributed by atoms with Gasteiger partial charge in [-0.05, 0) is 47.3 Å². The summed E-state index contributed by atoms with van der Waals surface area (Å²) in [6, 6.07) is 2.18. The molecule has 0 radical (unpaired) electrons. The number of ether oxygens (including phenoxy) is 2. The summed E-state index contributed by atoms with van der Waals surface area (Å²) in [6.45, 7) is 6.10. The van der Waals surface area contributed by atoms with Crippen LogP contribution in [0.2, 0.25) is 0 Å². The van der Waals surface area contributed by atoms with Gasteiger partial charge in [-0.25, -0.2) is 4.79 Å². The van der Waals surface area contributed by atoms with E-state index >= 15 is 0 Å². The number of methoxy groups -OCH3 is 1. The molecule has 0 saturated heterocycles. The maximum absolute atomic E-state index is 12.3. The number of aliphatic carboxylic acids is 1. The van der Waals surface area contributed by atoms with E-state index in [1.165, 1.54) is 13.2 Å². The molecule has 0 bridgehead atoms. The second-order valence-corrected chi connectivity index (χ2v) is 6.27. The summed E-state index contributed by atoms with van der Waals surface area (Å²) in [4.78, 5) is 23.6. The first-order valence-corrected chi connectivity index (χ1v) is 8.13. The molecule has 23 heavy (non-hydrogen) atoms. The van der Waals surface area contributed by atoms with E-state index in [1.54, 1.807) is 6.07 Å². The number of carbonyl (C=O) groups excluding carboxylic acids is 1. The molecule has 1 aromatic rings. The largest absolute Gasteiger partial charge is 0.493 e. The monoisotopic (exact) mass is 387 g/mol. The van der Waals surface area contributed by atoms with Crippen molar-refractivity contribution in [2.75, 3.05) is 13.7 Å². The molecule has 0 heterocycles. The summed E-state index contributed by atoms with van der Waals surface area (Å²) in [5, 5.41) is 11.8. The van der Waals surface area contributed by atoms with Crippen molar-refractivity contribution in [1.82, 2.24) is 5.32 Å². The number of carbonyl (C=O) groups is 2. The minimum atomic E-state index is -1.05. The maximum atomic E-state index is 12.3. The van der Waals surface area contributed by atoms with Crippen molar-refractivity contribution in [2.45, 2.75) is 33.2 Å². The van der Waals surface area contributed by atoms with Crippen LogP contribution in [0.5, 0.6) is 11.5 Å². The summed E-state index contributed by atoms with van der Waals surface area (Å²) < 4.78 is 11.3. The SMILES string of the molecule is CCOc1c(Br)cc(C(=O)NC(CC(C)C)C(=O)O)cc1OC. The van der Waals surface area contributed by atoms with Crippen LogP contribution in [0.25, 0.3) is 0 Å². The highest BCUT2D eigenvalue weighted by Gasteiger charge is 2.23. The fraction of sp³-hybridized carbons (Fsp3) is 0.500. The minimum absolute atomic E-state index is 0.151. The summed E-state index contributed by atoms with van der Waals surface area (Å²) in [5.74, 6) is -0.465. The number of hydrogen-bond acceptors (Lipinski definition) is 4. The predicted molar refractivity (Wildman–Crippen MR) is 90.2 cm³/mol. The molecule has 1 aromatic carbocycles. The number of carboxylic acid groups (broad SMARTS) is 1. The Morgan fingerprint density at radius 1 is 1.35 bits per heavy atom. The first-order valence-electron chi connectivity index (χ1n) is 7.34. The van der Waals surface area contributed by atoms with Crippen LogP contribution in [0.4, 0.5) is 0 Å². The molecule has 0 fully saturated rings. The molecule has 6 nitrogen and oxygen atoms in total. The lowest BCUT2D eigenvalue weighted by molar-refractivity contribution is -0.139. The van der Waals surface area contributed by atoms with Gasteiger partial charge >= 0.3 is 5.97 Å². The van der Waals surface area contributed by atoms with Crippen molar-refractivity contribution in [3.8, 4) is 11.5 Å². The third-order valence-electron chi connectivity index (χ3n) is 3.09. The van der Waals surface area contributed by atoms with Gasteiger partial charge in [0.2, 0.25) is 0 Å². The molecule has 1 amide bonds. The highest BCUT2D eigenvalue weighted by atomic mass is 79.9. The number of hydrogen-bond donors (Lipinski definition) is 2. The number of nitrogens with one attached hydrogen (secondary N) is 1. The van der Waals surface area contributed by atoms with E-state index in [9.17, 15) is 14.7 Å². The number of amides is 1. The Kier molecular flexibility index (Phi) is 7.35. The van der Waals surface area contributed by atoms with Crippen molar-refractivity contribution < 1.29 is 24.2 Å². The Bertz CT molecular complexity index is 574. The highest BCUT2D eigenvalue weighted by Crippen LogP contribution is 2.36. The molecule has 2 N–H and O–H groups in total. The predicted octanol–water partition coefficient (Wildman–Crippen LogP) is 3.09. The van der Waals surface area contributed by atoms with Gasteiger partial charge in [-0.3, -0.25) is 4.79 Å². The van der Waals surface area contributed by atoms with Crippen molar-refractivity contribution in [3.63, 3.8) is 0 Å². The van der Waals surface area contributed by atoms with E-state index < -0.39 is 17.9 Å². The Morgan fingerprint density at radius 3 is 2.48 bits per heavy atom. The highest BCUT2D eigenvalue weighted by molar-refractivity contribution is 9.10. The average molecular weight is 388 g/mol. The Hall–Kier alpha value is -1.76. The van der Waals surface area contributed by atoms with Crippen LogP contribution in [0, 0.1) is 5.92 Å². The van der Waals surface area contributed by atoms with Crippen molar-refractivity contribution in [3.05, 3.63) is 22.2 Å². The number of carboxylic acids is 1. The van der Waals surface area contributed by atoms with Gasteiger partial charge in [-0.15, -0.1) is 0 Å². The lowest BCUT2D eigenvalue weighted by Gasteiger charge is -2.17. The van der Waals surface area contributed by atoms with E-state index in [0.29, 0.717) is 34.6 Å². The zero-order chi connectivity index (χ0) is 17.6.